The third kappa shape index (κ3) is 4.21. The van der Waals surface area contributed by atoms with Crippen LogP contribution in [-0.2, 0) is 6.54 Å². The van der Waals surface area contributed by atoms with Gasteiger partial charge in [0.1, 0.15) is 17.0 Å². The first-order valence-electron chi connectivity index (χ1n) is 11.0. The fraction of sp³-hybridized carbons (Fsp3) is 0.360. The lowest BCUT2D eigenvalue weighted by molar-refractivity contribution is 0.185. The summed E-state index contributed by atoms with van der Waals surface area (Å²) in [4.78, 5) is 11.9. The van der Waals surface area contributed by atoms with Crippen molar-refractivity contribution >= 4 is 11.1 Å². The Morgan fingerprint density at radius 2 is 1.90 bits per heavy atom. The average molecular weight is 418 g/mol. The molecule has 1 fully saturated rings. The molecule has 1 aliphatic rings. The van der Waals surface area contributed by atoms with Gasteiger partial charge in [-0.3, -0.25) is 4.90 Å². The Morgan fingerprint density at radius 1 is 1.06 bits per heavy atom. The summed E-state index contributed by atoms with van der Waals surface area (Å²) < 4.78 is 17.5. The van der Waals surface area contributed by atoms with E-state index in [-0.39, 0.29) is 0 Å². The predicted octanol–water partition coefficient (Wildman–Crippen LogP) is 5.57. The summed E-state index contributed by atoms with van der Waals surface area (Å²) in [5, 5.41) is 0. The molecule has 6 heteroatoms. The van der Waals surface area contributed by atoms with Crippen LogP contribution in [0.2, 0.25) is 0 Å². The topological polar surface area (TPSA) is 64.5 Å². The van der Waals surface area contributed by atoms with Gasteiger partial charge in [-0.15, -0.1) is 0 Å². The van der Waals surface area contributed by atoms with E-state index in [1.54, 1.807) is 0 Å². The van der Waals surface area contributed by atoms with Gasteiger partial charge in [-0.2, -0.15) is 0 Å². The largest absolute Gasteiger partial charge is 0.494 e. The van der Waals surface area contributed by atoms with E-state index in [9.17, 15) is 0 Å². The highest BCUT2D eigenvalue weighted by atomic mass is 16.5. The number of likely N-dealkylation sites (tertiary alicyclic amines) is 1. The standard InChI is InChI=1S/C25H27N3O3/c1-3-29-20-12-10-18(11-13-20)24-27-22(17(2)30-24)16-28-14-6-7-19(15-28)25-26-21-8-4-5-9-23(21)31-25/h4-5,8-13,19H,3,6-7,14-16H2,1-2H3/t19-/m1/s1. The van der Waals surface area contributed by atoms with Crippen LogP contribution < -0.4 is 4.74 Å². The van der Waals surface area contributed by atoms with Crippen molar-refractivity contribution < 1.29 is 13.6 Å². The molecule has 0 saturated carbocycles. The fourth-order valence-electron chi connectivity index (χ4n) is 4.24. The van der Waals surface area contributed by atoms with Gasteiger partial charge >= 0.3 is 0 Å². The molecular formula is C25H27N3O3. The minimum atomic E-state index is 0.305. The number of benzene rings is 2. The Hall–Kier alpha value is -3.12. The average Bonchev–Trinajstić information content (AvgIpc) is 3.39. The van der Waals surface area contributed by atoms with Gasteiger partial charge in [0.05, 0.1) is 12.3 Å². The number of rotatable bonds is 6. The van der Waals surface area contributed by atoms with Crippen LogP contribution in [-0.4, -0.2) is 34.6 Å². The maximum Gasteiger partial charge on any atom is 0.226 e. The normalized spacial score (nSPS) is 17.3. The summed E-state index contributed by atoms with van der Waals surface area (Å²) in [7, 11) is 0. The van der Waals surface area contributed by atoms with Gasteiger partial charge in [0.25, 0.3) is 0 Å². The summed E-state index contributed by atoms with van der Waals surface area (Å²) in [5.41, 5.74) is 3.74. The van der Waals surface area contributed by atoms with Crippen LogP contribution in [0.1, 0.15) is 43.0 Å². The molecule has 0 bridgehead atoms. The van der Waals surface area contributed by atoms with Gasteiger partial charge in [-0.05, 0) is 69.6 Å². The first-order valence-corrected chi connectivity index (χ1v) is 11.0. The van der Waals surface area contributed by atoms with Crippen molar-refractivity contribution in [3.63, 3.8) is 0 Å². The van der Waals surface area contributed by atoms with Crippen molar-refractivity contribution in [2.45, 2.75) is 39.2 Å². The SMILES string of the molecule is CCOc1ccc(-c2nc(CN3CCC[C@@H](c4nc5ccccc5o4)C3)c(C)o2)cc1. The minimum Gasteiger partial charge on any atom is -0.494 e. The Balaban J connectivity index is 1.29. The highest BCUT2D eigenvalue weighted by molar-refractivity contribution is 5.72. The van der Waals surface area contributed by atoms with Gasteiger partial charge in [0, 0.05) is 24.6 Å². The van der Waals surface area contributed by atoms with Crippen LogP contribution in [0.25, 0.3) is 22.6 Å². The highest BCUT2D eigenvalue weighted by Gasteiger charge is 2.26. The zero-order valence-electron chi connectivity index (χ0n) is 18.0. The maximum absolute atomic E-state index is 6.04. The third-order valence-electron chi connectivity index (χ3n) is 5.84. The van der Waals surface area contributed by atoms with Crippen LogP contribution >= 0.6 is 0 Å². The number of hydrogen-bond acceptors (Lipinski definition) is 6. The molecular weight excluding hydrogens is 390 g/mol. The Kier molecular flexibility index (Phi) is 5.47. The van der Waals surface area contributed by atoms with Crippen LogP contribution in [0.5, 0.6) is 5.75 Å². The molecule has 1 saturated heterocycles. The van der Waals surface area contributed by atoms with Crippen LogP contribution in [0, 0.1) is 6.92 Å². The van der Waals surface area contributed by atoms with E-state index in [0.717, 1.165) is 72.2 Å². The fourth-order valence-corrected chi connectivity index (χ4v) is 4.24. The van der Waals surface area contributed by atoms with Gasteiger partial charge < -0.3 is 13.6 Å². The lowest BCUT2D eigenvalue weighted by Gasteiger charge is -2.30. The molecule has 0 aliphatic carbocycles. The summed E-state index contributed by atoms with van der Waals surface area (Å²) >= 11 is 0. The second kappa shape index (κ2) is 8.55. The minimum absolute atomic E-state index is 0.305. The quantitative estimate of drug-likeness (QED) is 0.409. The summed E-state index contributed by atoms with van der Waals surface area (Å²) in [5.74, 6) is 3.53. The van der Waals surface area contributed by atoms with Crippen molar-refractivity contribution in [1.29, 1.82) is 0 Å². The van der Waals surface area contributed by atoms with Crippen molar-refractivity contribution in [1.82, 2.24) is 14.9 Å². The Bertz CT molecular complexity index is 1130. The zero-order chi connectivity index (χ0) is 21.2. The molecule has 0 unspecified atom stereocenters. The van der Waals surface area contributed by atoms with Crippen LogP contribution in [0.4, 0.5) is 0 Å². The van der Waals surface area contributed by atoms with E-state index in [1.807, 2.05) is 62.4 Å². The molecule has 0 radical (unpaired) electrons. The van der Waals surface area contributed by atoms with E-state index in [1.165, 1.54) is 0 Å². The first kappa shape index (κ1) is 19.8. The molecule has 2 aromatic carbocycles. The number of fused-ring (bicyclic) bond motifs is 1. The van der Waals surface area contributed by atoms with Crippen LogP contribution in [0.3, 0.4) is 0 Å². The molecule has 31 heavy (non-hydrogen) atoms. The second-order valence-corrected chi connectivity index (χ2v) is 8.07. The van der Waals surface area contributed by atoms with Crippen molar-refractivity contribution in [2.75, 3.05) is 19.7 Å². The molecule has 1 aliphatic heterocycles. The van der Waals surface area contributed by atoms with Crippen LogP contribution in [0.15, 0.2) is 57.4 Å². The number of aryl methyl sites for hydroxylation is 1. The van der Waals surface area contributed by atoms with Gasteiger partial charge in [0.2, 0.25) is 5.89 Å². The molecule has 160 valence electrons. The first-order chi connectivity index (χ1) is 15.2. The number of piperidine rings is 1. The summed E-state index contributed by atoms with van der Waals surface area (Å²) in [6.45, 7) is 7.35. The number of oxazole rings is 2. The predicted molar refractivity (Wildman–Crippen MR) is 119 cm³/mol. The lowest BCUT2D eigenvalue weighted by Crippen LogP contribution is -2.34. The van der Waals surface area contributed by atoms with E-state index < -0.39 is 0 Å². The second-order valence-electron chi connectivity index (χ2n) is 8.07. The zero-order valence-corrected chi connectivity index (χ0v) is 18.0. The monoisotopic (exact) mass is 417 g/mol. The van der Waals surface area contributed by atoms with Gasteiger partial charge in [-0.1, -0.05) is 12.1 Å². The van der Waals surface area contributed by atoms with Crippen molar-refractivity contribution in [3.8, 4) is 17.2 Å². The molecule has 4 aromatic rings. The number of ether oxygens (including phenoxy) is 1. The molecule has 5 rings (SSSR count). The van der Waals surface area contributed by atoms with E-state index in [2.05, 4.69) is 4.90 Å². The molecule has 0 amide bonds. The van der Waals surface area contributed by atoms with E-state index >= 15 is 0 Å². The smallest absolute Gasteiger partial charge is 0.226 e. The number of nitrogens with zero attached hydrogens (tertiary/aromatic N) is 3. The molecule has 1 atom stereocenters. The number of para-hydroxylation sites is 2. The number of hydrogen-bond donors (Lipinski definition) is 0. The molecule has 3 heterocycles. The highest BCUT2D eigenvalue weighted by Crippen LogP contribution is 2.31. The molecule has 2 aromatic heterocycles. The van der Waals surface area contributed by atoms with Crippen molar-refractivity contribution in [3.05, 3.63) is 65.9 Å². The van der Waals surface area contributed by atoms with E-state index in [4.69, 9.17) is 23.5 Å². The Morgan fingerprint density at radius 3 is 2.71 bits per heavy atom. The maximum atomic E-state index is 6.04. The van der Waals surface area contributed by atoms with Crippen molar-refractivity contribution in [2.24, 2.45) is 0 Å². The Labute approximate surface area is 181 Å². The third-order valence-corrected chi connectivity index (χ3v) is 5.84. The van der Waals surface area contributed by atoms with E-state index in [0.29, 0.717) is 18.4 Å². The summed E-state index contributed by atoms with van der Waals surface area (Å²) in [6.07, 6.45) is 2.21. The molecule has 0 spiro atoms. The van der Waals surface area contributed by atoms with Gasteiger partial charge in [0.15, 0.2) is 11.5 Å². The molecule has 6 nitrogen and oxygen atoms in total. The summed E-state index contributed by atoms with van der Waals surface area (Å²) in [6, 6.07) is 15.9. The number of aromatic nitrogens is 2. The van der Waals surface area contributed by atoms with Gasteiger partial charge in [-0.25, -0.2) is 9.97 Å². The molecule has 0 N–H and O–H groups in total. The lowest BCUT2D eigenvalue weighted by atomic mass is 9.98.